The van der Waals surface area contributed by atoms with Crippen LogP contribution in [0.3, 0.4) is 0 Å². The van der Waals surface area contributed by atoms with Gasteiger partial charge in [-0.05, 0) is 31.6 Å². The Balaban J connectivity index is 1.38. The molecule has 2 amide bonds. The first kappa shape index (κ1) is 29.0. The number of amides is 2. The van der Waals surface area contributed by atoms with E-state index in [1.807, 2.05) is 13.8 Å². The second kappa shape index (κ2) is 10.9. The molecule has 0 spiro atoms. The van der Waals surface area contributed by atoms with Crippen molar-refractivity contribution in [1.29, 1.82) is 0 Å². The van der Waals surface area contributed by atoms with E-state index in [4.69, 9.17) is 0 Å². The van der Waals surface area contributed by atoms with E-state index in [1.165, 1.54) is 42.0 Å². The molecule has 0 unspecified atom stereocenters. The molecule has 212 valence electrons. The zero-order valence-corrected chi connectivity index (χ0v) is 24.2. The van der Waals surface area contributed by atoms with E-state index < -0.39 is 22.0 Å². The molecule has 13 heteroatoms. The summed E-state index contributed by atoms with van der Waals surface area (Å²) in [6.45, 7) is 6.76. The topological polar surface area (TPSA) is 144 Å². The molecule has 0 aromatic heterocycles. The number of carbonyl (C=O) groups is 4. The monoisotopic (exact) mass is 570 g/mol. The van der Waals surface area contributed by atoms with Crippen LogP contribution >= 0.6 is 11.8 Å². The molecule has 38 heavy (non-hydrogen) atoms. The van der Waals surface area contributed by atoms with Gasteiger partial charge in [0.05, 0.1) is 23.8 Å². The van der Waals surface area contributed by atoms with Gasteiger partial charge in [-0.3, -0.25) is 9.59 Å². The maximum atomic E-state index is 13.2. The van der Waals surface area contributed by atoms with Gasteiger partial charge >= 0.3 is 5.97 Å². The van der Waals surface area contributed by atoms with Crippen molar-refractivity contribution < 1.29 is 32.7 Å². The fourth-order valence-electron chi connectivity index (χ4n) is 6.34. The predicted molar refractivity (Wildman–Crippen MR) is 142 cm³/mol. The summed E-state index contributed by atoms with van der Waals surface area (Å²) in [6, 6.07) is -0.679. The molecule has 3 fully saturated rings. The number of nitrogens with one attached hydrogen (secondary N) is 1. The van der Waals surface area contributed by atoms with Gasteiger partial charge in [0.15, 0.2) is 0 Å². The fourth-order valence-corrected chi connectivity index (χ4v) is 8.99. The summed E-state index contributed by atoms with van der Waals surface area (Å²) in [5, 5.41) is 13.2. The Morgan fingerprint density at radius 1 is 1.26 bits per heavy atom. The van der Waals surface area contributed by atoms with Crippen LogP contribution in [-0.2, 0) is 29.2 Å². The number of sulfonamides is 1. The quantitative estimate of drug-likeness (QED) is 0.360. The lowest BCUT2D eigenvalue weighted by Crippen LogP contribution is -2.62. The van der Waals surface area contributed by atoms with Gasteiger partial charge in [0.25, 0.3) is 0 Å². The van der Waals surface area contributed by atoms with E-state index >= 15 is 0 Å². The van der Waals surface area contributed by atoms with Gasteiger partial charge in [-0.2, -0.15) is 0 Å². The van der Waals surface area contributed by atoms with E-state index in [-0.39, 0.29) is 70.4 Å². The minimum Gasteiger partial charge on any atom is -0.477 e. The van der Waals surface area contributed by atoms with Gasteiger partial charge in [0, 0.05) is 56.2 Å². The lowest BCUT2D eigenvalue weighted by Gasteiger charge is -2.47. The lowest BCUT2D eigenvalue weighted by molar-refractivity contribution is -0.160. The van der Waals surface area contributed by atoms with Crippen molar-refractivity contribution in [1.82, 2.24) is 19.4 Å². The van der Waals surface area contributed by atoms with Crippen LogP contribution in [0.25, 0.3) is 0 Å². The number of carboxylic acid groups (broad SMARTS) is 1. The summed E-state index contributed by atoms with van der Waals surface area (Å²) >= 11 is 1.43. The fraction of sp³-hybridized carbons (Fsp3) is 0.760. The van der Waals surface area contributed by atoms with Crippen LogP contribution in [0, 0.1) is 23.7 Å². The highest BCUT2D eigenvalue weighted by Crippen LogP contribution is 2.53. The normalized spacial score (nSPS) is 32.1. The first-order chi connectivity index (χ1) is 17.7. The van der Waals surface area contributed by atoms with E-state index in [9.17, 15) is 32.7 Å². The molecule has 4 rings (SSSR count). The van der Waals surface area contributed by atoms with Gasteiger partial charge in [0.1, 0.15) is 11.5 Å². The van der Waals surface area contributed by atoms with E-state index in [2.05, 4.69) is 5.32 Å². The molecular weight excluding hydrogens is 532 g/mol. The van der Waals surface area contributed by atoms with Crippen LogP contribution in [0.4, 0.5) is 0 Å². The number of β-lactam (4-membered cyclic amide) rings is 1. The van der Waals surface area contributed by atoms with Crippen molar-refractivity contribution in [2.24, 2.45) is 23.7 Å². The number of hydrogen-bond acceptors (Lipinski definition) is 8. The lowest BCUT2D eigenvalue weighted by atomic mass is 9.73. The number of nitrogens with zero attached hydrogens (tertiary/aromatic N) is 3. The van der Waals surface area contributed by atoms with Gasteiger partial charge in [0.2, 0.25) is 21.8 Å². The standard InChI is InChI=1S/C25H38N4O7S2/c1-13(8-14(2)30)19-20-15(3)22(21(25(33)34)29(20)24(19)32)37-17-9-18(26-10-17)23(31)28-7-6-16(11-28)12-38(35,36)27(4)5/h13,15-20,26H,6-12H2,1-5H3,(H,33,34)/t13-,15+,16-,17-,18-,19+,20+/m0/s1. The van der Waals surface area contributed by atoms with Crippen LogP contribution in [0.2, 0.25) is 0 Å². The zero-order valence-electron chi connectivity index (χ0n) is 22.5. The molecule has 0 bridgehead atoms. The smallest absolute Gasteiger partial charge is 0.353 e. The molecule has 7 atom stereocenters. The molecular formula is C25H38N4O7S2. The Morgan fingerprint density at radius 3 is 2.55 bits per heavy atom. The van der Waals surface area contributed by atoms with E-state index in [1.54, 1.807) is 4.90 Å². The predicted octanol–water partition coefficient (Wildman–Crippen LogP) is 0.578. The van der Waals surface area contributed by atoms with Crippen LogP contribution in [-0.4, -0.2) is 108 Å². The Labute approximate surface area is 228 Å². The molecule has 3 saturated heterocycles. The largest absolute Gasteiger partial charge is 0.477 e. The number of ketones is 1. The van der Waals surface area contributed by atoms with Crippen molar-refractivity contribution in [3.8, 4) is 0 Å². The van der Waals surface area contributed by atoms with E-state index in [0.717, 1.165) is 0 Å². The molecule has 11 nitrogen and oxygen atoms in total. The second-order valence-electron chi connectivity index (χ2n) is 11.4. The number of likely N-dealkylation sites (tertiary alicyclic amines) is 1. The highest BCUT2D eigenvalue weighted by molar-refractivity contribution is 8.03. The molecule has 0 aliphatic carbocycles. The number of rotatable bonds is 10. The maximum Gasteiger partial charge on any atom is 0.353 e. The van der Waals surface area contributed by atoms with Crippen molar-refractivity contribution in [3.63, 3.8) is 0 Å². The van der Waals surface area contributed by atoms with Crippen LogP contribution < -0.4 is 5.32 Å². The third-order valence-corrected chi connectivity index (χ3v) is 11.8. The van der Waals surface area contributed by atoms with Crippen LogP contribution in [0.5, 0.6) is 0 Å². The SMILES string of the molecule is CC(=O)C[C@H](C)[C@H]1C(=O)N2C(C(=O)O)=C(S[C@@H]3CN[C@H](C(=O)N4CC[C@H](CS(=O)(=O)N(C)C)C4)C3)[C@H](C)[C@H]12. The highest BCUT2D eigenvalue weighted by Gasteiger charge is 2.60. The Bertz CT molecular complexity index is 1150. The third-order valence-electron chi connectivity index (χ3n) is 8.30. The van der Waals surface area contributed by atoms with Gasteiger partial charge in [-0.1, -0.05) is 13.8 Å². The van der Waals surface area contributed by atoms with Gasteiger partial charge < -0.3 is 25.0 Å². The third kappa shape index (κ3) is 5.39. The van der Waals surface area contributed by atoms with Crippen molar-refractivity contribution in [3.05, 3.63) is 10.6 Å². The Hall–Kier alpha value is -1.96. The van der Waals surface area contributed by atoms with Crippen LogP contribution in [0.15, 0.2) is 10.6 Å². The molecule has 0 aromatic rings. The molecule has 0 saturated carbocycles. The summed E-state index contributed by atoms with van der Waals surface area (Å²) in [6.07, 6.45) is 1.45. The van der Waals surface area contributed by atoms with Crippen LogP contribution in [0.1, 0.15) is 40.0 Å². The van der Waals surface area contributed by atoms with Gasteiger partial charge in [-0.15, -0.1) is 11.8 Å². The Morgan fingerprint density at radius 2 is 1.95 bits per heavy atom. The summed E-state index contributed by atoms with van der Waals surface area (Å²) in [7, 11) is -0.316. The highest BCUT2D eigenvalue weighted by atomic mass is 32.2. The average Bonchev–Trinajstić information content (AvgIpc) is 3.51. The first-order valence-electron chi connectivity index (χ1n) is 13.1. The second-order valence-corrected chi connectivity index (χ2v) is 14.9. The number of thioether (sulfide) groups is 1. The average molecular weight is 571 g/mol. The molecule has 4 heterocycles. The van der Waals surface area contributed by atoms with Gasteiger partial charge in [-0.25, -0.2) is 17.5 Å². The number of carbonyl (C=O) groups excluding carboxylic acids is 3. The molecule has 0 radical (unpaired) electrons. The van der Waals surface area contributed by atoms with Crippen molar-refractivity contribution in [2.75, 3.05) is 39.5 Å². The minimum absolute atomic E-state index is 0.00630. The molecule has 0 aromatic carbocycles. The minimum atomic E-state index is -3.33. The maximum absolute atomic E-state index is 13.2. The summed E-state index contributed by atoms with van der Waals surface area (Å²) in [5.41, 5.74) is 0.0306. The molecule has 4 aliphatic rings. The summed E-state index contributed by atoms with van der Waals surface area (Å²) in [4.78, 5) is 53.7. The summed E-state index contributed by atoms with van der Waals surface area (Å²) in [5.74, 6) is -2.20. The van der Waals surface area contributed by atoms with E-state index in [0.29, 0.717) is 37.4 Å². The number of aliphatic carboxylic acids is 1. The number of carboxylic acids is 1. The van der Waals surface area contributed by atoms with Crippen molar-refractivity contribution in [2.45, 2.75) is 57.4 Å². The Kier molecular flexibility index (Phi) is 8.33. The molecule has 4 aliphatic heterocycles. The number of hydrogen-bond donors (Lipinski definition) is 2. The van der Waals surface area contributed by atoms with Crippen molar-refractivity contribution >= 4 is 45.4 Å². The molecule has 2 N–H and O–H groups in total. The zero-order chi connectivity index (χ0) is 28.1. The number of Topliss-reactive ketones (excluding diaryl/α,β-unsaturated/α-hetero) is 1. The summed E-state index contributed by atoms with van der Waals surface area (Å²) < 4.78 is 25.7. The number of fused-ring (bicyclic) bond motifs is 1. The first-order valence-corrected chi connectivity index (χ1v) is 15.6.